The smallest absolute Gasteiger partial charge is 0.230 e. The highest BCUT2D eigenvalue weighted by Gasteiger charge is 2.32. The molecule has 3 rings (SSSR count). The van der Waals surface area contributed by atoms with Crippen molar-refractivity contribution in [1.29, 1.82) is 0 Å². The van der Waals surface area contributed by atoms with Crippen molar-refractivity contribution in [3.05, 3.63) is 30.1 Å². The maximum absolute atomic E-state index is 12.3. The van der Waals surface area contributed by atoms with Crippen LogP contribution in [0.1, 0.15) is 12.2 Å². The average molecular weight is 361 g/mol. The fourth-order valence-corrected chi connectivity index (χ4v) is 3.33. The zero-order valence-electron chi connectivity index (χ0n) is 14.0. The van der Waals surface area contributed by atoms with Crippen LogP contribution in [-0.4, -0.2) is 52.4 Å². The van der Waals surface area contributed by atoms with Gasteiger partial charge in [-0.25, -0.2) is 4.98 Å². The molecule has 2 amide bonds. The number of carbonyl (C=O) groups excluding carboxylic acids is 2. The Bertz CT molecular complexity index is 779. The van der Waals surface area contributed by atoms with E-state index in [0.29, 0.717) is 23.3 Å². The predicted octanol–water partition coefficient (Wildman–Crippen LogP) is 1.14. The number of amides is 2. The number of hydrogen-bond donors (Lipinski definition) is 2. The van der Waals surface area contributed by atoms with Crippen molar-refractivity contribution < 1.29 is 14.3 Å². The van der Waals surface area contributed by atoms with E-state index >= 15 is 0 Å². The second kappa shape index (κ2) is 7.56. The molecule has 1 fully saturated rings. The molecular weight excluding hydrogens is 342 g/mol. The number of H-pyrrole nitrogens is 1. The molecule has 0 radical (unpaired) electrons. The molecule has 2 aromatic rings. The summed E-state index contributed by atoms with van der Waals surface area (Å²) in [5.41, 5.74) is 0.720. The van der Waals surface area contributed by atoms with Gasteiger partial charge in [-0.2, -0.15) is 0 Å². The van der Waals surface area contributed by atoms with Crippen LogP contribution in [0.15, 0.2) is 29.4 Å². The molecule has 1 aliphatic rings. The van der Waals surface area contributed by atoms with Gasteiger partial charge in [-0.15, -0.1) is 5.10 Å². The standard InChI is InChI=1S/C16H19N5O3S/c1-10-17-16(20-19-10)25-9-14(22)18-11-7-15(23)21(8-11)12-5-3-4-6-13(12)24-2/h3-6,11H,7-9H2,1-2H3,(H,18,22)(H,17,19,20). The SMILES string of the molecule is COc1ccccc1N1CC(NC(=O)CSc2n[nH]c(C)n2)CC1=O. The molecular formula is C16H19N5O3S. The molecule has 1 atom stereocenters. The van der Waals surface area contributed by atoms with E-state index in [-0.39, 0.29) is 30.0 Å². The summed E-state index contributed by atoms with van der Waals surface area (Å²) in [6, 6.07) is 7.13. The van der Waals surface area contributed by atoms with E-state index in [1.54, 1.807) is 18.9 Å². The third-order valence-corrected chi connectivity index (χ3v) is 4.62. The minimum Gasteiger partial charge on any atom is -0.495 e. The number of methoxy groups -OCH3 is 1. The van der Waals surface area contributed by atoms with Crippen LogP contribution in [0.4, 0.5) is 5.69 Å². The second-order valence-corrected chi connectivity index (χ2v) is 6.58. The van der Waals surface area contributed by atoms with Gasteiger partial charge in [0.05, 0.1) is 24.6 Å². The number of aromatic amines is 1. The minimum absolute atomic E-state index is 0.0351. The second-order valence-electron chi connectivity index (χ2n) is 5.64. The number of aromatic nitrogens is 3. The van der Waals surface area contributed by atoms with Crippen molar-refractivity contribution in [2.24, 2.45) is 0 Å². The van der Waals surface area contributed by atoms with Gasteiger partial charge >= 0.3 is 0 Å². The van der Waals surface area contributed by atoms with E-state index in [9.17, 15) is 9.59 Å². The summed E-state index contributed by atoms with van der Waals surface area (Å²) in [6.07, 6.45) is 0.272. The van der Waals surface area contributed by atoms with Crippen LogP contribution in [0.5, 0.6) is 5.75 Å². The Hall–Kier alpha value is -2.55. The molecule has 132 valence electrons. The quantitative estimate of drug-likeness (QED) is 0.749. The third kappa shape index (κ3) is 4.11. The van der Waals surface area contributed by atoms with E-state index in [1.807, 2.05) is 24.3 Å². The van der Waals surface area contributed by atoms with Crippen LogP contribution in [0.3, 0.4) is 0 Å². The van der Waals surface area contributed by atoms with Crippen LogP contribution < -0.4 is 15.0 Å². The van der Waals surface area contributed by atoms with Crippen molar-refractivity contribution in [1.82, 2.24) is 20.5 Å². The van der Waals surface area contributed by atoms with Crippen molar-refractivity contribution in [3.8, 4) is 5.75 Å². The van der Waals surface area contributed by atoms with E-state index in [0.717, 1.165) is 5.69 Å². The molecule has 1 aliphatic heterocycles. The first-order valence-electron chi connectivity index (χ1n) is 7.81. The molecule has 25 heavy (non-hydrogen) atoms. The van der Waals surface area contributed by atoms with E-state index in [1.165, 1.54) is 11.8 Å². The highest BCUT2D eigenvalue weighted by molar-refractivity contribution is 7.99. The molecule has 2 N–H and O–H groups in total. The monoisotopic (exact) mass is 361 g/mol. The minimum atomic E-state index is -0.223. The number of nitrogens with zero attached hydrogens (tertiary/aromatic N) is 3. The summed E-state index contributed by atoms with van der Waals surface area (Å²) in [5, 5.41) is 10.1. The summed E-state index contributed by atoms with van der Waals surface area (Å²) in [4.78, 5) is 30.2. The number of ether oxygens (including phenoxy) is 1. The Kier molecular flexibility index (Phi) is 5.22. The zero-order valence-corrected chi connectivity index (χ0v) is 14.8. The number of hydrogen-bond acceptors (Lipinski definition) is 6. The van der Waals surface area contributed by atoms with Crippen molar-refractivity contribution in [2.75, 3.05) is 24.3 Å². The first-order valence-corrected chi connectivity index (χ1v) is 8.80. The Labute approximate surface area is 149 Å². The molecule has 1 saturated heterocycles. The predicted molar refractivity (Wildman–Crippen MR) is 93.7 cm³/mol. The average Bonchev–Trinajstić information content (AvgIpc) is 3.18. The maximum atomic E-state index is 12.3. The fourth-order valence-electron chi connectivity index (χ4n) is 2.68. The largest absolute Gasteiger partial charge is 0.495 e. The maximum Gasteiger partial charge on any atom is 0.230 e. The Balaban J connectivity index is 1.56. The number of benzene rings is 1. The van der Waals surface area contributed by atoms with Gasteiger partial charge in [0.15, 0.2) is 0 Å². The van der Waals surface area contributed by atoms with Crippen LogP contribution in [-0.2, 0) is 9.59 Å². The number of anilines is 1. The number of nitrogens with one attached hydrogen (secondary N) is 2. The first kappa shape index (κ1) is 17.3. The Morgan fingerprint density at radius 3 is 3.00 bits per heavy atom. The Morgan fingerprint density at radius 2 is 2.28 bits per heavy atom. The highest BCUT2D eigenvalue weighted by Crippen LogP contribution is 2.31. The number of carbonyl (C=O) groups is 2. The lowest BCUT2D eigenvalue weighted by molar-refractivity contribution is -0.119. The van der Waals surface area contributed by atoms with Gasteiger partial charge in [0, 0.05) is 13.0 Å². The van der Waals surface area contributed by atoms with E-state index in [2.05, 4.69) is 20.5 Å². The number of para-hydroxylation sites is 2. The molecule has 9 heteroatoms. The van der Waals surface area contributed by atoms with Gasteiger partial charge in [0.1, 0.15) is 11.6 Å². The number of rotatable bonds is 6. The molecule has 1 unspecified atom stereocenters. The zero-order chi connectivity index (χ0) is 17.8. The highest BCUT2D eigenvalue weighted by atomic mass is 32.2. The molecule has 8 nitrogen and oxygen atoms in total. The van der Waals surface area contributed by atoms with Crippen LogP contribution in [0.2, 0.25) is 0 Å². The molecule has 1 aromatic heterocycles. The summed E-state index contributed by atoms with van der Waals surface area (Å²) in [6.45, 7) is 2.23. The fraction of sp³-hybridized carbons (Fsp3) is 0.375. The van der Waals surface area contributed by atoms with Crippen LogP contribution in [0.25, 0.3) is 0 Å². The van der Waals surface area contributed by atoms with E-state index < -0.39 is 0 Å². The number of thioether (sulfide) groups is 1. The topological polar surface area (TPSA) is 100 Å². The number of aryl methyl sites for hydroxylation is 1. The van der Waals surface area contributed by atoms with Gasteiger partial charge in [-0.05, 0) is 19.1 Å². The van der Waals surface area contributed by atoms with Gasteiger partial charge in [0.25, 0.3) is 0 Å². The van der Waals surface area contributed by atoms with E-state index in [4.69, 9.17) is 4.74 Å². The summed E-state index contributed by atoms with van der Waals surface area (Å²) < 4.78 is 5.31. The summed E-state index contributed by atoms with van der Waals surface area (Å²) >= 11 is 1.25. The lowest BCUT2D eigenvalue weighted by Gasteiger charge is -2.19. The first-order chi connectivity index (χ1) is 12.1. The van der Waals surface area contributed by atoms with Crippen molar-refractivity contribution in [3.63, 3.8) is 0 Å². The molecule has 0 bridgehead atoms. The van der Waals surface area contributed by atoms with Crippen molar-refractivity contribution >= 4 is 29.3 Å². The van der Waals surface area contributed by atoms with Crippen molar-refractivity contribution in [2.45, 2.75) is 24.5 Å². The van der Waals surface area contributed by atoms with Gasteiger partial charge in [0.2, 0.25) is 17.0 Å². The van der Waals surface area contributed by atoms with Crippen LogP contribution in [0, 0.1) is 6.92 Å². The summed E-state index contributed by atoms with van der Waals surface area (Å²) in [7, 11) is 1.57. The van der Waals surface area contributed by atoms with Gasteiger partial charge < -0.3 is 15.0 Å². The van der Waals surface area contributed by atoms with Gasteiger partial charge in [-0.1, -0.05) is 23.9 Å². The van der Waals surface area contributed by atoms with Gasteiger partial charge in [-0.3, -0.25) is 14.7 Å². The lowest BCUT2D eigenvalue weighted by Crippen LogP contribution is -2.38. The third-order valence-electron chi connectivity index (χ3n) is 3.78. The Morgan fingerprint density at radius 1 is 1.48 bits per heavy atom. The lowest BCUT2D eigenvalue weighted by atomic mass is 10.2. The molecule has 0 spiro atoms. The molecule has 0 aliphatic carbocycles. The molecule has 0 saturated carbocycles. The normalized spacial score (nSPS) is 17.0. The summed E-state index contributed by atoms with van der Waals surface area (Å²) in [5.74, 6) is 1.37. The molecule has 2 heterocycles. The van der Waals surface area contributed by atoms with Crippen LogP contribution >= 0.6 is 11.8 Å². The molecule has 1 aromatic carbocycles.